The predicted octanol–water partition coefficient (Wildman–Crippen LogP) is 2.94. The number of hydrogen-bond acceptors (Lipinski definition) is 4. The molecule has 140 valence electrons. The maximum Gasteiger partial charge on any atom is 0.243 e. The molecular formula is C19H24ClN3O3. The number of para-hydroxylation sites is 3. The second-order valence-electron chi connectivity index (χ2n) is 5.95. The van der Waals surface area contributed by atoms with E-state index < -0.39 is 6.04 Å². The molecule has 2 rings (SSSR count). The first kappa shape index (κ1) is 21.5. The van der Waals surface area contributed by atoms with Crippen LogP contribution in [0.2, 0.25) is 0 Å². The summed E-state index contributed by atoms with van der Waals surface area (Å²) < 4.78 is 5.78. The van der Waals surface area contributed by atoms with Crippen molar-refractivity contribution in [3.63, 3.8) is 0 Å². The zero-order valence-corrected chi connectivity index (χ0v) is 15.6. The molecule has 2 aromatic carbocycles. The monoisotopic (exact) mass is 377 g/mol. The number of nitrogens with two attached hydrogens (primary N) is 1. The Bertz CT molecular complexity index is 723. The van der Waals surface area contributed by atoms with Gasteiger partial charge in [0.1, 0.15) is 5.75 Å². The van der Waals surface area contributed by atoms with E-state index in [9.17, 15) is 9.59 Å². The van der Waals surface area contributed by atoms with Crippen molar-refractivity contribution in [1.29, 1.82) is 0 Å². The summed E-state index contributed by atoms with van der Waals surface area (Å²) in [5, 5.41) is 5.27. The standard InChI is InChI=1S/C19H23N3O3.ClH/c1-13(2)18(20)19(24)21-12-17(23)22-15-10-6-7-11-16(15)25-14-8-4-3-5-9-14;/h3-11,13,18H,12,20H2,1-2H3,(H,21,24)(H,22,23);1H/t18-;/m0./s1. The second-order valence-corrected chi connectivity index (χ2v) is 5.95. The fourth-order valence-corrected chi connectivity index (χ4v) is 2.06. The van der Waals surface area contributed by atoms with Crippen LogP contribution in [0.4, 0.5) is 5.69 Å². The van der Waals surface area contributed by atoms with Crippen LogP contribution in [-0.4, -0.2) is 24.4 Å². The lowest BCUT2D eigenvalue weighted by Crippen LogP contribution is -2.46. The van der Waals surface area contributed by atoms with Gasteiger partial charge in [0, 0.05) is 0 Å². The third-order valence-corrected chi connectivity index (χ3v) is 3.58. The number of halogens is 1. The van der Waals surface area contributed by atoms with Crippen molar-refractivity contribution in [2.45, 2.75) is 19.9 Å². The molecular weight excluding hydrogens is 354 g/mol. The highest BCUT2D eigenvalue weighted by Crippen LogP contribution is 2.28. The molecule has 2 aromatic rings. The molecule has 0 radical (unpaired) electrons. The Morgan fingerprint density at radius 2 is 1.65 bits per heavy atom. The Morgan fingerprint density at radius 3 is 2.31 bits per heavy atom. The summed E-state index contributed by atoms with van der Waals surface area (Å²) in [4.78, 5) is 23.9. The Hall–Kier alpha value is -2.57. The molecule has 4 N–H and O–H groups in total. The van der Waals surface area contributed by atoms with E-state index in [0.717, 1.165) is 0 Å². The Balaban J connectivity index is 0.00000338. The van der Waals surface area contributed by atoms with Crippen molar-refractivity contribution in [3.05, 3.63) is 54.6 Å². The Kier molecular flexibility index (Phi) is 8.61. The SMILES string of the molecule is CC(C)[C@H](N)C(=O)NCC(=O)Nc1ccccc1Oc1ccccc1.Cl. The highest BCUT2D eigenvalue weighted by atomic mass is 35.5. The molecule has 0 aliphatic rings. The number of rotatable bonds is 7. The largest absolute Gasteiger partial charge is 0.455 e. The van der Waals surface area contributed by atoms with Gasteiger partial charge in [0.15, 0.2) is 5.75 Å². The van der Waals surface area contributed by atoms with E-state index in [0.29, 0.717) is 17.2 Å². The van der Waals surface area contributed by atoms with E-state index in [-0.39, 0.29) is 36.7 Å². The van der Waals surface area contributed by atoms with Crippen LogP contribution in [0.25, 0.3) is 0 Å². The number of benzene rings is 2. The minimum absolute atomic E-state index is 0. The average molecular weight is 378 g/mol. The van der Waals surface area contributed by atoms with Gasteiger partial charge in [-0.15, -0.1) is 12.4 Å². The number of nitrogens with one attached hydrogen (secondary N) is 2. The fourth-order valence-electron chi connectivity index (χ4n) is 2.06. The van der Waals surface area contributed by atoms with Crippen LogP contribution in [0.3, 0.4) is 0 Å². The Morgan fingerprint density at radius 1 is 1.04 bits per heavy atom. The van der Waals surface area contributed by atoms with Gasteiger partial charge in [-0.2, -0.15) is 0 Å². The fraction of sp³-hybridized carbons (Fsp3) is 0.263. The topological polar surface area (TPSA) is 93.5 Å². The van der Waals surface area contributed by atoms with Gasteiger partial charge < -0.3 is 21.1 Å². The molecule has 0 saturated heterocycles. The van der Waals surface area contributed by atoms with Crippen molar-refractivity contribution in [2.24, 2.45) is 11.7 Å². The van der Waals surface area contributed by atoms with Crippen LogP contribution in [0.15, 0.2) is 54.6 Å². The summed E-state index contributed by atoms with van der Waals surface area (Å²) in [6, 6.07) is 15.7. The smallest absolute Gasteiger partial charge is 0.243 e. The normalized spacial score (nSPS) is 11.2. The first-order valence-corrected chi connectivity index (χ1v) is 8.12. The zero-order chi connectivity index (χ0) is 18.2. The molecule has 0 aromatic heterocycles. The van der Waals surface area contributed by atoms with Gasteiger partial charge in [0.25, 0.3) is 0 Å². The number of carbonyl (C=O) groups excluding carboxylic acids is 2. The first-order valence-electron chi connectivity index (χ1n) is 8.12. The molecule has 0 unspecified atom stereocenters. The molecule has 0 saturated carbocycles. The third kappa shape index (κ3) is 6.38. The number of ether oxygens (including phenoxy) is 1. The van der Waals surface area contributed by atoms with Crippen LogP contribution in [0.5, 0.6) is 11.5 Å². The van der Waals surface area contributed by atoms with E-state index in [1.165, 1.54) is 0 Å². The lowest BCUT2D eigenvalue weighted by Gasteiger charge is -2.16. The van der Waals surface area contributed by atoms with Crippen LogP contribution < -0.4 is 21.1 Å². The number of carbonyl (C=O) groups is 2. The second kappa shape index (κ2) is 10.4. The molecule has 0 spiro atoms. The molecule has 26 heavy (non-hydrogen) atoms. The van der Waals surface area contributed by atoms with Gasteiger partial charge in [-0.05, 0) is 30.2 Å². The van der Waals surface area contributed by atoms with Crippen LogP contribution in [0.1, 0.15) is 13.8 Å². The quantitative estimate of drug-likeness (QED) is 0.691. The van der Waals surface area contributed by atoms with E-state index in [4.69, 9.17) is 10.5 Å². The molecule has 0 heterocycles. The first-order chi connectivity index (χ1) is 12.0. The van der Waals surface area contributed by atoms with E-state index in [2.05, 4.69) is 10.6 Å². The van der Waals surface area contributed by atoms with Crippen LogP contribution >= 0.6 is 12.4 Å². The number of anilines is 1. The van der Waals surface area contributed by atoms with Crippen molar-refractivity contribution in [1.82, 2.24) is 5.32 Å². The maximum atomic E-state index is 12.1. The van der Waals surface area contributed by atoms with Crippen LogP contribution in [-0.2, 0) is 9.59 Å². The van der Waals surface area contributed by atoms with Crippen LogP contribution in [0, 0.1) is 5.92 Å². The van der Waals surface area contributed by atoms with Crippen molar-refractivity contribution in [3.8, 4) is 11.5 Å². The minimum Gasteiger partial charge on any atom is -0.455 e. The number of hydrogen-bond donors (Lipinski definition) is 3. The molecule has 1 atom stereocenters. The van der Waals surface area contributed by atoms with Gasteiger partial charge in [-0.3, -0.25) is 9.59 Å². The summed E-state index contributed by atoms with van der Waals surface area (Å²) in [5.41, 5.74) is 6.27. The van der Waals surface area contributed by atoms with Gasteiger partial charge in [-0.1, -0.05) is 44.2 Å². The maximum absolute atomic E-state index is 12.1. The summed E-state index contributed by atoms with van der Waals surface area (Å²) >= 11 is 0. The number of amides is 2. The van der Waals surface area contributed by atoms with Crippen molar-refractivity contribution < 1.29 is 14.3 Å². The van der Waals surface area contributed by atoms with Gasteiger partial charge in [0.2, 0.25) is 11.8 Å². The van der Waals surface area contributed by atoms with E-state index >= 15 is 0 Å². The summed E-state index contributed by atoms with van der Waals surface area (Å²) in [5.74, 6) is 0.489. The molecule has 7 heteroatoms. The van der Waals surface area contributed by atoms with Gasteiger partial charge in [0.05, 0.1) is 18.3 Å². The zero-order valence-electron chi connectivity index (χ0n) is 14.8. The Labute approximate surface area is 159 Å². The predicted molar refractivity (Wildman–Crippen MR) is 105 cm³/mol. The summed E-state index contributed by atoms with van der Waals surface area (Å²) in [7, 11) is 0. The molecule has 0 aliphatic carbocycles. The minimum atomic E-state index is -0.637. The molecule has 0 aliphatic heterocycles. The lowest BCUT2D eigenvalue weighted by atomic mass is 10.1. The summed E-state index contributed by atoms with van der Waals surface area (Å²) in [6.07, 6.45) is 0. The molecule has 6 nitrogen and oxygen atoms in total. The molecule has 2 amide bonds. The van der Waals surface area contributed by atoms with Crippen molar-refractivity contribution in [2.75, 3.05) is 11.9 Å². The van der Waals surface area contributed by atoms with Gasteiger partial charge >= 0.3 is 0 Å². The van der Waals surface area contributed by atoms with E-state index in [1.807, 2.05) is 50.2 Å². The van der Waals surface area contributed by atoms with Gasteiger partial charge in [-0.25, -0.2) is 0 Å². The van der Waals surface area contributed by atoms with Crippen molar-refractivity contribution >= 4 is 29.9 Å². The summed E-state index contributed by atoms with van der Waals surface area (Å²) in [6.45, 7) is 3.54. The molecule has 0 bridgehead atoms. The highest BCUT2D eigenvalue weighted by Gasteiger charge is 2.18. The third-order valence-electron chi connectivity index (χ3n) is 3.58. The average Bonchev–Trinajstić information content (AvgIpc) is 2.61. The molecule has 0 fully saturated rings. The van der Waals surface area contributed by atoms with E-state index in [1.54, 1.807) is 18.2 Å². The lowest BCUT2D eigenvalue weighted by molar-refractivity contribution is -0.125. The highest BCUT2D eigenvalue weighted by molar-refractivity contribution is 5.96.